The number of benzene rings is 1. The maximum atomic E-state index is 13.0. The van der Waals surface area contributed by atoms with Gasteiger partial charge in [-0.2, -0.15) is 0 Å². The van der Waals surface area contributed by atoms with Crippen LogP contribution in [0.25, 0.3) is 0 Å². The summed E-state index contributed by atoms with van der Waals surface area (Å²) in [5, 5.41) is 3.25. The molecule has 0 aliphatic carbocycles. The Morgan fingerprint density at radius 1 is 1.47 bits per heavy atom. The van der Waals surface area contributed by atoms with Gasteiger partial charge in [0.15, 0.2) is 0 Å². The topological polar surface area (TPSA) is 58.2 Å². The molecule has 0 saturated carbocycles. The third-order valence-corrected chi connectivity index (χ3v) is 5.05. The average Bonchev–Trinajstić information content (AvgIpc) is 2.81. The van der Waals surface area contributed by atoms with E-state index in [0.29, 0.717) is 18.0 Å². The van der Waals surface area contributed by atoms with Crippen molar-refractivity contribution in [3.8, 4) is 0 Å². The van der Waals surface area contributed by atoms with Gasteiger partial charge in [-0.25, -0.2) is 17.5 Å². The van der Waals surface area contributed by atoms with Crippen molar-refractivity contribution < 1.29 is 12.8 Å². The van der Waals surface area contributed by atoms with Crippen LogP contribution in [-0.2, 0) is 10.0 Å². The summed E-state index contributed by atoms with van der Waals surface area (Å²) < 4.78 is 39.7. The van der Waals surface area contributed by atoms with Gasteiger partial charge in [0.05, 0.1) is 4.90 Å². The largest absolute Gasteiger partial charge is 0.316 e. The molecule has 2 rings (SSSR count). The number of halogens is 1. The highest BCUT2D eigenvalue weighted by Gasteiger charge is 2.19. The van der Waals surface area contributed by atoms with Crippen molar-refractivity contribution in [1.29, 1.82) is 0 Å². The number of hydrogen-bond acceptors (Lipinski definition) is 3. The van der Waals surface area contributed by atoms with Gasteiger partial charge in [0.1, 0.15) is 5.82 Å². The molecule has 0 amide bonds. The Bertz CT molecular complexity index is 540. The maximum absolute atomic E-state index is 13.0. The van der Waals surface area contributed by atoms with E-state index in [1.165, 1.54) is 18.2 Å². The molecule has 2 N–H and O–H groups in total. The summed E-state index contributed by atoms with van der Waals surface area (Å²) in [6.45, 7) is 3.98. The maximum Gasteiger partial charge on any atom is 0.240 e. The van der Waals surface area contributed by atoms with Gasteiger partial charge >= 0.3 is 0 Å². The van der Waals surface area contributed by atoms with Gasteiger partial charge in [-0.1, -0.05) is 0 Å². The Labute approximate surface area is 113 Å². The fraction of sp³-hybridized carbons (Fsp3) is 0.538. The Morgan fingerprint density at radius 3 is 2.89 bits per heavy atom. The van der Waals surface area contributed by atoms with E-state index in [-0.39, 0.29) is 4.90 Å². The van der Waals surface area contributed by atoms with E-state index in [0.717, 1.165) is 25.9 Å². The lowest BCUT2D eigenvalue weighted by Gasteiger charge is -2.11. The summed E-state index contributed by atoms with van der Waals surface area (Å²) in [7, 11) is -3.54. The molecule has 0 spiro atoms. The van der Waals surface area contributed by atoms with Crippen molar-refractivity contribution in [3.63, 3.8) is 0 Å². The van der Waals surface area contributed by atoms with Crippen LogP contribution in [0.15, 0.2) is 23.1 Å². The number of rotatable bonds is 5. The lowest BCUT2D eigenvalue weighted by Crippen LogP contribution is -2.27. The molecule has 106 valence electrons. The molecule has 0 bridgehead atoms. The monoisotopic (exact) mass is 286 g/mol. The minimum atomic E-state index is -3.54. The zero-order chi connectivity index (χ0) is 13.9. The molecule has 6 heteroatoms. The van der Waals surface area contributed by atoms with Crippen molar-refractivity contribution >= 4 is 10.0 Å². The van der Waals surface area contributed by atoms with E-state index >= 15 is 0 Å². The van der Waals surface area contributed by atoms with Crippen LogP contribution in [-0.4, -0.2) is 28.1 Å². The van der Waals surface area contributed by atoms with Crippen molar-refractivity contribution in [2.75, 3.05) is 19.6 Å². The molecule has 1 aliphatic heterocycles. The smallest absolute Gasteiger partial charge is 0.240 e. The second kappa shape index (κ2) is 5.98. The second-order valence-corrected chi connectivity index (χ2v) is 6.69. The molecule has 1 atom stereocenters. The number of nitrogens with one attached hydrogen (secondary N) is 2. The third kappa shape index (κ3) is 3.75. The van der Waals surface area contributed by atoms with Crippen molar-refractivity contribution in [2.45, 2.75) is 24.7 Å². The first-order valence-corrected chi connectivity index (χ1v) is 7.94. The van der Waals surface area contributed by atoms with Gasteiger partial charge in [-0.15, -0.1) is 0 Å². The first-order chi connectivity index (χ1) is 8.99. The molecule has 1 aromatic rings. The van der Waals surface area contributed by atoms with Gasteiger partial charge in [0, 0.05) is 6.54 Å². The summed E-state index contributed by atoms with van der Waals surface area (Å²) in [4.78, 5) is 0.151. The summed E-state index contributed by atoms with van der Waals surface area (Å²) in [5.41, 5.74) is 0.426. The second-order valence-electron chi connectivity index (χ2n) is 4.96. The van der Waals surface area contributed by atoms with E-state index in [1.807, 2.05) is 0 Å². The predicted molar refractivity (Wildman–Crippen MR) is 71.9 cm³/mol. The molecular formula is C13H19FN2O2S. The zero-order valence-corrected chi connectivity index (χ0v) is 11.8. The van der Waals surface area contributed by atoms with E-state index in [9.17, 15) is 12.8 Å². The molecule has 1 heterocycles. The lowest BCUT2D eigenvalue weighted by molar-refractivity contribution is 0.519. The third-order valence-electron chi connectivity index (χ3n) is 3.43. The van der Waals surface area contributed by atoms with Crippen LogP contribution < -0.4 is 10.0 Å². The van der Waals surface area contributed by atoms with Gasteiger partial charge in [-0.05, 0) is 62.5 Å². The van der Waals surface area contributed by atoms with Crippen LogP contribution in [0.1, 0.15) is 18.4 Å². The molecule has 1 aliphatic rings. The van der Waals surface area contributed by atoms with E-state index in [1.54, 1.807) is 6.92 Å². The summed E-state index contributed by atoms with van der Waals surface area (Å²) in [6.07, 6.45) is 1.92. The quantitative estimate of drug-likeness (QED) is 0.860. The fourth-order valence-electron chi connectivity index (χ4n) is 2.35. The Morgan fingerprint density at radius 2 is 2.26 bits per heavy atom. The minimum absolute atomic E-state index is 0.151. The lowest BCUT2D eigenvalue weighted by atomic mass is 10.1. The predicted octanol–water partition coefficient (Wildman–Crippen LogP) is 1.41. The number of hydrogen-bond donors (Lipinski definition) is 2. The van der Waals surface area contributed by atoms with Gasteiger partial charge in [0.2, 0.25) is 10.0 Å². The fourth-order valence-corrected chi connectivity index (χ4v) is 3.62. The highest BCUT2D eigenvalue weighted by Crippen LogP contribution is 2.17. The van der Waals surface area contributed by atoms with Gasteiger partial charge in [0.25, 0.3) is 0 Å². The SMILES string of the molecule is Cc1cc(F)ccc1S(=O)(=O)NCC[C@@H]1CCNC1. The van der Waals surface area contributed by atoms with Crippen LogP contribution in [0.4, 0.5) is 4.39 Å². The molecule has 1 aromatic carbocycles. The molecule has 0 radical (unpaired) electrons. The summed E-state index contributed by atoms with van der Waals surface area (Å²) >= 11 is 0. The molecule has 1 saturated heterocycles. The Kier molecular flexibility index (Phi) is 4.54. The average molecular weight is 286 g/mol. The van der Waals surface area contributed by atoms with E-state index < -0.39 is 15.8 Å². The highest BCUT2D eigenvalue weighted by molar-refractivity contribution is 7.89. The highest BCUT2D eigenvalue weighted by atomic mass is 32.2. The standard InChI is InChI=1S/C13H19FN2O2S/c1-10-8-12(14)2-3-13(10)19(17,18)16-7-5-11-4-6-15-9-11/h2-3,8,11,15-16H,4-7,9H2,1H3/t11-/m0/s1. The van der Waals surface area contributed by atoms with Gasteiger partial charge < -0.3 is 5.32 Å². The molecule has 0 aromatic heterocycles. The normalized spacial score (nSPS) is 19.8. The molecule has 19 heavy (non-hydrogen) atoms. The zero-order valence-electron chi connectivity index (χ0n) is 10.9. The molecule has 4 nitrogen and oxygen atoms in total. The molecular weight excluding hydrogens is 267 g/mol. The molecule has 0 unspecified atom stereocenters. The first-order valence-electron chi connectivity index (χ1n) is 6.45. The van der Waals surface area contributed by atoms with E-state index in [4.69, 9.17) is 0 Å². The van der Waals surface area contributed by atoms with Crippen molar-refractivity contribution in [3.05, 3.63) is 29.6 Å². The van der Waals surface area contributed by atoms with Crippen LogP contribution in [0.2, 0.25) is 0 Å². The summed E-state index contributed by atoms with van der Waals surface area (Å²) in [6, 6.07) is 3.71. The minimum Gasteiger partial charge on any atom is -0.316 e. The number of aryl methyl sites for hydroxylation is 1. The Balaban J connectivity index is 1.97. The van der Waals surface area contributed by atoms with Gasteiger partial charge in [-0.3, -0.25) is 0 Å². The van der Waals surface area contributed by atoms with E-state index in [2.05, 4.69) is 10.0 Å². The van der Waals surface area contributed by atoms with Crippen LogP contribution in [0.3, 0.4) is 0 Å². The number of sulfonamides is 1. The Hall–Kier alpha value is -0.980. The van der Waals surface area contributed by atoms with Crippen LogP contribution >= 0.6 is 0 Å². The van der Waals surface area contributed by atoms with Crippen molar-refractivity contribution in [1.82, 2.24) is 10.0 Å². The molecule has 1 fully saturated rings. The first kappa shape index (κ1) is 14.4. The summed E-state index contributed by atoms with van der Waals surface area (Å²) in [5.74, 6) is 0.116. The van der Waals surface area contributed by atoms with Crippen LogP contribution in [0.5, 0.6) is 0 Å². The van der Waals surface area contributed by atoms with Crippen LogP contribution in [0, 0.1) is 18.7 Å². The van der Waals surface area contributed by atoms with Crippen molar-refractivity contribution in [2.24, 2.45) is 5.92 Å².